The molecule has 0 amide bonds. The Bertz CT molecular complexity index is 381. The van der Waals surface area contributed by atoms with Crippen molar-refractivity contribution in [3.05, 3.63) is 34.9 Å². The van der Waals surface area contributed by atoms with Gasteiger partial charge in [-0.15, -0.1) is 0 Å². The number of aryl methyl sites for hydroxylation is 2. The van der Waals surface area contributed by atoms with E-state index in [9.17, 15) is 4.79 Å². The second-order valence-corrected chi connectivity index (χ2v) is 4.78. The number of carbonyl (C=O) groups is 1. The summed E-state index contributed by atoms with van der Waals surface area (Å²) in [5, 5.41) is 8.66. The van der Waals surface area contributed by atoms with Gasteiger partial charge in [0.05, 0.1) is 0 Å². The van der Waals surface area contributed by atoms with Crippen LogP contribution in [0.15, 0.2) is 18.2 Å². The predicted molar refractivity (Wildman–Crippen MR) is 70.5 cm³/mol. The van der Waals surface area contributed by atoms with Gasteiger partial charge in [-0.3, -0.25) is 4.79 Å². The van der Waals surface area contributed by atoms with Crippen LogP contribution in [-0.4, -0.2) is 11.1 Å². The molecular formula is C15H22O2. The zero-order chi connectivity index (χ0) is 12.8. The number of benzene rings is 1. The van der Waals surface area contributed by atoms with E-state index in [0.29, 0.717) is 5.92 Å². The lowest BCUT2D eigenvalue weighted by molar-refractivity contribution is -0.137. The number of aliphatic carboxylic acids is 1. The van der Waals surface area contributed by atoms with Crippen LogP contribution >= 0.6 is 0 Å². The highest BCUT2D eigenvalue weighted by atomic mass is 16.4. The van der Waals surface area contributed by atoms with Gasteiger partial charge in [0.1, 0.15) is 0 Å². The molecule has 0 radical (unpaired) electrons. The minimum atomic E-state index is -0.705. The minimum Gasteiger partial charge on any atom is -0.481 e. The maximum absolute atomic E-state index is 10.5. The molecule has 0 unspecified atom stereocenters. The Morgan fingerprint density at radius 1 is 1.29 bits per heavy atom. The Kier molecular flexibility index (Phi) is 5.20. The quantitative estimate of drug-likeness (QED) is 0.813. The van der Waals surface area contributed by atoms with Gasteiger partial charge >= 0.3 is 5.97 Å². The first kappa shape index (κ1) is 13.8. The lowest BCUT2D eigenvalue weighted by Crippen LogP contribution is -2.00. The van der Waals surface area contributed by atoms with Crippen LogP contribution < -0.4 is 0 Å². The Labute approximate surface area is 104 Å². The van der Waals surface area contributed by atoms with Crippen LogP contribution in [0.3, 0.4) is 0 Å². The Balaban J connectivity index is 2.79. The van der Waals surface area contributed by atoms with Gasteiger partial charge in [0, 0.05) is 6.42 Å². The molecule has 17 heavy (non-hydrogen) atoms. The molecule has 1 aromatic rings. The van der Waals surface area contributed by atoms with Gasteiger partial charge in [0.2, 0.25) is 0 Å². The van der Waals surface area contributed by atoms with Crippen molar-refractivity contribution >= 4 is 5.97 Å². The molecule has 0 atom stereocenters. The third-order valence-electron chi connectivity index (χ3n) is 3.11. The van der Waals surface area contributed by atoms with E-state index in [1.165, 1.54) is 16.7 Å². The third-order valence-corrected chi connectivity index (χ3v) is 3.11. The summed E-state index contributed by atoms with van der Waals surface area (Å²) in [7, 11) is 0. The zero-order valence-electron chi connectivity index (χ0n) is 11.0. The first-order chi connectivity index (χ1) is 8.04. The van der Waals surface area contributed by atoms with Crippen molar-refractivity contribution in [3.8, 4) is 0 Å². The topological polar surface area (TPSA) is 37.3 Å². The summed E-state index contributed by atoms with van der Waals surface area (Å²) in [6.07, 6.45) is 2.87. The molecule has 0 aromatic heterocycles. The fourth-order valence-electron chi connectivity index (χ4n) is 2.01. The molecule has 0 aliphatic heterocycles. The van der Waals surface area contributed by atoms with E-state index >= 15 is 0 Å². The third kappa shape index (κ3) is 4.22. The highest BCUT2D eigenvalue weighted by Crippen LogP contribution is 2.21. The van der Waals surface area contributed by atoms with Gasteiger partial charge in [-0.25, -0.2) is 0 Å². The summed E-state index contributed by atoms with van der Waals surface area (Å²) in [5.74, 6) is -0.179. The van der Waals surface area contributed by atoms with Crippen LogP contribution in [0.2, 0.25) is 0 Å². The number of rotatable bonds is 6. The Morgan fingerprint density at radius 3 is 2.53 bits per heavy atom. The second kappa shape index (κ2) is 6.43. The van der Waals surface area contributed by atoms with E-state index in [-0.39, 0.29) is 6.42 Å². The highest BCUT2D eigenvalue weighted by molar-refractivity contribution is 5.66. The van der Waals surface area contributed by atoms with Crippen LogP contribution in [0.1, 0.15) is 56.2 Å². The molecule has 2 heteroatoms. The standard InChI is InChI=1S/C15H22O2/c1-4-12-8-9-13(11(2)3)10-14(12)6-5-7-15(16)17/h8-11H,4-7H2,1-3H3,(H,16,17). The van der Waals surface area contributed by atoms with Gasteiger partial charge in [-0.05, 0) is 41.9 Å². The van der Waals surface area contributed by atoms with Crippen molar-refractivity contribution in [2.24, 2.45) is 0 Å². The lowest BCUT2D eigenvalue weighted by Gasteiger charge is -2.12. The van der Waals surface area contributed by atoms with Gasteiger partial charge < -0.3 is 5.11 Å². The summed E-state index contributed by atoms with van der Waals surface area (Å²) in [5.41, 5.74) is 4.01. The van der Waals surface area contributed by atoms with Crippen LogP contribution in [-0.2, 0) is 17.6 Å². The molecule has 0 heterocycles. The molecule has 0 saturated heterocycles. The Hall–Kier alpha value is -1.31. The maximum atomic E-state index is 10.5. The van der Waals surface area contributed by atoms with Gasteiger partial charge in [0.25, 0.3) is 0 Å². The molecule has 0 bridgehead atoms. The van der Waals surface area contributed by atoms with Crippen molar-refractivity contribution in [3.63, 3.8) is 0 Å². The normalized spacial score (nSPS) is 10.8. The first-order valence-electron chi connectivity index (χ1n) is 6.38. The van der Waals surface area contributed by atoms with Crippen molar-refractivity contribution in [1.82, 2.24) is 0 Å². The second-order valence-electron chi connectivity index (χ2n) is 4.78. The molecule has 0 saturated carbocycles. The average Bonchev–Trinajstić information content (AvgIpc) is 2.28. The minimum absolute atomic E-state index is 0.259. The van der Waals surface area contributed by atoms with E-state index in [4.69, 9.17) is 5.11 Å². The van der Waals surface area contributed by atoms with E-state index < -0.39 is 5.97 Å². The molecule has 1 rings (SSSR count). The van der Waals surface area contributed by atoms with Crippen LogP contribution in [0.4, 0.5) is 0 Å². The zero-order valence-corrected chi connectivity index (χ0v) is 11.0. The molecule has 1 aromatic carbocycles. The fraction of sp³-hybridized carbons (Fsp3) is 0.533. The Morgan fingerprint density at radius 2 is 2.00 bits per heavy atom. The molecule has 1 N–H and O–H groups in total. The van der Waals surface area contributed by atoms with Gasteiger partial charge in [-0.2, -0.15) is 0 Å². The number of hydrogen-bond donors (Lipinski definition) is 1. The molecule has 0 fully saturated rings. The predicted octanol–water partition coefficient (Wildman–Crippen LogP) is 3.78. The van der Waals surface area contributed by atoms with Crippen molar-refractivity contribution in [2.75, 3.05) is 0 Å². The van der Waals surface area contributed by atoms with Crippen LogP contribution in [0.25, 0.3) is 0 Å². The summed E-state index contributed by atoms with van der Waals surface area (Å²) in [6, 6.07) is 6.61. The SMILES string of the molecule is CCc1ccc(C(C)C)cc1CCCC(=O)O. The van der Waals surface area contributed by atoms with Crippen LogP contribution in [0.5, 0.6) is 0 Å². The van der Waals surface area contributed by atoms with E-state index in [1.54, 1.807) is 0 Å². The van der Waals surface area contributed by atoms with Gasteiger partial charge in [-0.1, -0.05) is 39.0 Å². The summed E-state index contributed by atoms with van der Waals surface area (Å²) >= 11 is 0. The van der Waals surface area contributed by atoms with E-state index in [1.807, 2.05) is 0 Å². The maximum Gasteiger partial charge on any atom is 0.303 e. The van der Waals surface area contributed by atoms with E-state index in [0.717, 1.165) is 19.3 Å². The monoisotopic (exact) mass is 234 g/mol. The molecule has 2 nitrogen and oxygen atoms in total. The van der Waals surface area contributed by atoms with Gasteiger partial charge in [0.15, 0.2) is 0 Å². The lowest BCUT2D eigenvalue weighted by atomic mass is 9.93. The fourth-order valence-corrected chi connectivity index (χ4v) is 2.01. The smallest absolute Gasteiger partial charge is 0.303 e. The first-order valence-corrected chi connectivity index (χ1v) is 6.38. The summed E-state index contributed by atoms with van der Waals surface area (Å²) < 4.78 is 0. The van der Waals surface area contributed by atoms with Crippen molar-refractivity contribution in [2.45, 2.75) is 52.4 Å². The number of hydrogen-bond acceptors (Lipinski definition) is 1. The van der Waals surface area contributed by atoms with Crippen LogP contribution in [0, 0.1) is 0 Å². The molecule has 0 spiro atoms. The van der Waals surface area contributed by atoms with E-state index in [2.05, 4.69) is 39.0 Å². The van der Waals surface area contributed by atoms with Crippen molar-refractivity contribution < 1.29 is 9.90 Å². The largest absolute Gasteiger partial charge is 0.481 e. The molecule has 94 valence electrons. The molecular weight excluding hydrogens is 212 g/mol. The highest BCUT2D eigenvalue weighted by Gasteiger charge is 2.06. The number of carboxylic acids is 1. The van der Waals surface area contributed by atoms with Crippen molar-refractivity contribution in [1.29, 1.82) is 0 Å². The summed E-state index contributed by atoms with van der Waals surface area (Å²) in [4.78, 5) is 10.5. The average molecular weight is 234 g/mol. The molecule has 0 aliphatic carbocycles. The molecule has 0 aliphatic rings. The summed E-state index contributed by atoms with van der Waals surface area (Å²) in [6.45, 7) is 6.51. The number of carboxylic acid groups (broad SMARTS) is 1.